The van der Waals surface area contributed by atoms with Gasteiger partial charge >= 0.3 is 6.09 Å². The first-order valence-electron chi connectivity index (χ1n) is 8.57. The van der Waals surface area contributed by atoms with E-state index in [1.54, 1.807) is 0 Å². The largest absolute Gasteiger partial charge is 0.444 e. The zero-order valence-corrected chi connectivity index (χ0v) is 14.6. The molecule has 0 bridgehead atoms. The molecule has 0 aromatic heterocycles. The van der Waals surface area contributed by atoms with Gasteiger partial charge in [0.2, 0.25) is 0 Å². The number of carbonyl (C=O) groups is 1. The van der Waals surface area contributed by atoms with Crippen molar-refractivity contribution in [3.63, 3.8) is 0 Å². The summed E-state index contributed by atoms with van der Waals surface area (Å²) in [5.74, 6) is 0.590. The fraction of sp³-hybridized carbons (Fsp3) is 0.941. The zero-order chi connectivity index (χ0) is 15.9. The summed E-state index contributed by atoms with van der Waals surface area (Å²) in [4.78, 5) is 14.5. The Labute approximate surface area is 130 Å². The van der Waals surface area contributed by atoms with Crippen LogP contribution in [0.25, 0.3) is 0 Å². The van der Waals surface area contributed by atoms with Crippen LogP contribution in [-0.2, 0) is 4.74 Å². The first kappa shape index (κ1) is 18.3. The molecule has 0 unspecified atom stereocenters. The summed E-state index contributed by atoms with van der Waals surface area (Å²) >= 11 is 0. The van der Waals surface area contributed by atoms with Crippen LogP contribution in [0.15, 0.2) is 0 Å². The molecule has 0 radical (unpaired) electrons. The molecule has 1 atom stereocenters. The van der Waals surface area contributed by atoms with Crippen LogP contribution in [0.3, 0.4) is 0 Å². The second-order valence-electron chi connectivity index (χ2n) is 7.14. The Morgan fingerprint density at radius 2 is 1.76 bits per heavy atom. The maximum atomic E-state index is 12.1. The number of rotatable bonds is 6. The summed E-state index contributed by atoms with van der Waals surface area (Å²) in [6.45, 7) is 13.1. The Kier molecular flexibility index (Phi) is 7.50. The summed E-state index contributed by atoms with van der Waals surface area (Å²) in [5, 5.41) is 3.14. The van der Waals surface area contributed by atoms with Gasteiger partial charge in [0.05, 0.1) is 0 Å². The Balaban J connectivity index is 2.64. The number of carbonyl (C=O) groups excluding carboxylic acids is 1. The summed E-state index contributed by atoms with van der Waals surface area (Å²) in [7, 11) is 0. The molecule has 124 valence electrons. The van der Waals surface area contributed by atoms with Crippen LogP contribution in [-0.4, -0.2) is 42.3 Å². The van der Waals surface area contributed by atoms with E-state index in [1.165, 1.54) is 32.1 Å². The molecule has 1 rings (SSSR count). The van der Waals surface area contributed by atoms with Crippen LogP contribution in [0.4, 0.5) is 4.79 Å². The maximum absolute atomic E-state index is 12.1. The van der Waals surface area contributed by atoms with Gasteiger partial charge in [-0.25, -0.2) is 4.79 Å². The van der Waals surface area contributed by atoms with E-state index in [2.05, 4.69) is 24.1 Å². The van der Waals surface area contributed by atoms with Gasteiger partial charge in [-0.2, -0.15) is 0 Å². The van der Waals surface area contributed by atoms with Crippen molar-refractivity contribution in [1.29, 1.82) is 0 Å². The van der Waals surface area contributed by atoms with E-state index in [0.29, 0.717) is 5.92 Å². The number of amides is 1. The molecule has 1 aliphatic carbocycles. The molecule has 4 heteroatoms. The summed E-state index contributed by atoms with van der Waals surface area (Å²) in [6.07, 6.45) is 6.08. The smallest absolute Gasteiger partial charge is 0.407 e. The summed E-state index contributed by atoms with van der Waals surface area (Å²) in [6, 6.07) is 0.208. The molecule has 0 saturated heterocycles. The molecule has 1 saturated carbocycles. The number of hydrogen-bond donors (Lipinski definition) is 1. The molecule has 4 nitrogen and oxygen atoms in total. The van der Waals surface area contributed by atoms with Crippen molar-refractivity contribution in [2.75, 3.05) is 19.6 Å². The van der Waals surface area contributed by atoms with Gasteiger partial charge in [-0.05, 0) is 52.6 Å². The van der Waals surface area contributed by atoms with Crippen molar-refractivity contribution >= 4 is 6.09 Å². The molecule has 0 aromatic rings. The lowest BCUT2D eigenvalue weighted by atomic mass is 9.83. The van der Waals surface area contributed by atoms with Crippen molar-refractivity contribution in [3.05, 3.63) is 0 Å². The van der Waals surface area contributed by atoms with Gasteiger partial charge in [0.15, 0.2) is 0 Å². The normalized spacial score (nSPS) is 18.6. The molecule has 1 fully saturated rings. The van der Waals surface area contributed by atoms with Crippen molar-refractivity contribution in [3.8, 4) is 0 Å². The van der Waals surface area contributed by atoms with E-state index in [0.717, 1.165) is 19.6 Å². The number of likely N-dealkylation sites (N-methyl/N-ethyl adjacent to an activating group) is 1. The standard InChI is InChI=1S/C17H34N2O2/c1-6-19(7-2)13-15(14-11-9-8-10-12-14)18-16(20)21-17(3,4)5/h14-15H,6-13H2,1-5H3,(H,18,20)/t15-/m1/s1. The van der Waals surface area contributed by atoms with Crippen LogP contribution in [0.5, 0.6) is 0 Å². The van der Waals surface area contributed by atoms with E-state index in [4.69, 9.17) is 4.74 Å². The Hall–Kier alpha value is -0.770. The molecule has 1 amide bonds. The van der Waals surface area contributed by atoms with Gasteiger partial charge in [0.1, 0.15) is 5.60 Å². The molecule has 0 spiro atoms. The van der Waals surface area contributed by atoms with Crippen molar-refractivity contribution in [2.24, 2.45) is 5.92 Å². The molecule has 1 N–H and O–H groups in total. The lowest BCUT2D eigenvalue weighted by Crippen LogP contribution is -2.49. The first-order valence-corrected chi connectivity index (χ1v) is 8.57. The minimum absolute atomic E-state index is 0.208. The fourth-order valence-corrected chi connectivity index (χ4v) is 3.07. The summed E-state index contributed by atoms with van der Waals surface area (Å²) < 4.78 is 5.44. The van der Waals surface area contributed by atoms with Gasteiger partial charge in [0, 0.05) is 12.6 Å². The SMILES string of the molecule is CCN(CC)C[C@@H](NC(=O)OC(C)(C)C)C1CCCCC1. The number of nitrogens with one attached hydrogen (secondary N) is 1. The third kappa shape index (κ3) is 7.16. The lowest BCUT2D eigenvalue weighted by Gasteiger charge is -2.34. The third-order valence-corrected chi connectivity index (χ3v) is 4.27. The van der Waals surface area contributed by atoms with Gasteiger partial charge in [0.25, 0.3) is 0 Å². The second kappa shape index (κ2) is 8.62. The monoisotopic (exact) mass is 298 g/mol. The average molecular weight is 298 g/mol. The predicted octanol–water partition coefficient (Wildman–Crippen LogP) is 3.80. The fourth-order valence-electron chi connectivity index (χ4n) is 3.07. The van der Waals surface area contributed by atoms with Crippen LogP contribution >= 0.6 is 0 Å². The van der Waals surface area contributed by atoms with Crippen molar-refractivity contribution in [1.82, 2.24) is 10.2 Å². The Morgan fingerprint density at radius 1 is 1.19 bits per heavy atom. The molecule has 1 aliphatic rings. The van der Waals surface area contributed by atoms with Crippen LogP contribution in [0.1, 0.15) is 66.7 Å². The predicted molar refractivity (Wildman–Crippen MR) is 87.5 cm³/mol. The second-order valence-corrected chi connectivity index (χ2v) is 7.14. The first-order chi connectivity index (χ1) is 9.85. The van der Waals surface area contributed by atoms with Crippen LogP contribution < -0.4 is 5.32 Å². The number of hydrogen-bond acceptors (Lipinski definition) is 3. The van der Waals surface area contributed by atoms with E-state index >= 15 is 0 Å². The van der Waals surface area contributed by atoms with E-state index in [1.807, 2.05) is 20.8 Å². The molecule has 21 heavy (non-hydrogen) atoms. The van der Waals surface area contributed by atoms with Crippen molar-refractivity contribution < 1.29 is 9.53 Å². The number of alkyl carbamates (subject to hydrolysis) is 1. The highest BCUT2D eigenvalue weighted by atomic mass is 16.6. The lowest BCUT2D eigenvalue weighted by molar-refractivity contribution is 0.0457. The quantitative estimate of drug-likeness (QED) is 0.811. The van der Waals surface area contributed by atoms with Gasteiger partial charge < -0.3 is 15.0 Å². The van der Waals surface area contributed by atoms with E-state index < -0.39 is 5.60 Å². The zero-order valence-electron chi connectivity index (χ0n) is 14.6. The molecule has 0 heterocycles. The molecule has 0 aliphatic heterocycles. The number of ether oxygens (including phenoxy) is 1. The molecule has 0 aromatic carbocycles. The highest BCUT2D eigenvalue weighted by molar-refractivity contribution is 5.68. The van der Waals surface area contributed by atoms with Crippen LogP contribution in [0.2, 0.25) is 0 Å². The minimum Gasteiger partial charge on any atom is -0.444 e. The number of nitrogens with zero attached hydrogens (tertiary/aromatic N) is 1. The van der Waals surface area contributed by atoms with Gasteiger partial charge in [-0.3, -0.25) is 0 Å². The van der Waals surface area contributed by atoms with Gasteiger partial charge in [-0.15, -0.1) is 0 Å². The maximum Gasteiger partial charge on any atom is 0.407 e. The minimum atomic E-state index is -0.434. The molecular formula is C17H34N2O2. The van der Waals surface area contributed by atoms with E-state index in [9.17, 15) is 4.79 Å². The highest BCUT2D eigenvalue weighted by Gasteiger charge is 2.28. The van der Waals surface area contributed by atoms with E-state index in [-0.39, 0.29) is 12.1 Å². The Morgan fingerprint density at radius 3 is 2.24 bits per heavy atom. The van der Waals surface area contributed by atoms with Gasteiger partial charge in [-0.1, -0.05) is 33.1 Å². The third-order valence-electron chi connectivity index (χ3n) is 4.27. The summed E-state index contributed by atoms with van der Waals surface area (Å²) in [5.41, 5.74) is -0.434. The van der Waals surface area contributed by atoms with Crippen LogP contribution in [0, 0.1) is 5.92 Å². The highest BCUT2D eigenvalue weighted by Crippen LogP contribution is 2.27. The topological polar surface area (TPSA) is 41.6 Å². The molecular weight excluding hydrogens is 264 g/mol. The van der Waals surface area contributed by atoms with Crippen molar-refractivity contribution in [2.45, 2.75) is 78.4 Å². The average Bonchev–Trinajstić information content (AvgIpc) is 2.42. The Bertz CT molecular complexity index is 302.